The maximum absolute atomic E-state index is 11.8. The molecule has 1 aliphatic rings. The Bertz CT molecular complexity index is 499. The Hall–Kier alpha value is -1.42. The summed E-state index contributed by atoms with van der Waals surface area (Å²) in [6.07, 6.45) is 5.30. The fourth-order valence-corrected chi connectivity index (χ4v) is 2.89. The summed E-state index contributed by atoms with van der Waals surface area (Å²) in [4.78, 5) is 11.8. The molecule has 1 saturated carbocycles. The van der Waals surface area contributed by atoms with Gasteiger partial charge in [0.15, 0.2) is 0 Å². The molecule has 1 aliphatic carbocycles. The van der Waals surface area contributed by atoms with Gasteiger partial charge in [0.2, 0.25) is 0 Å². The highest BCUT2D eigenvalue weighted by Gasteiger charge is 2.16. The number of hydrogen-bond donors (Lipinski definition) is 2. The second-order valence-electron chi connectivity index (χ2n) is 5.54. The molecular weight excluding hydrogens is 288 g/mol. The van der Waals surface area contributed by atoms with Crippen LogP contribution in [0.1, 0.15) is 36.8 Å². The van der Waals surface area contributed by atoms with Crippen LogP contribution in [0, 0.1) is 6.92 Å². The first-order chi connectivity index (χ1) is 10.1. The lowest BCUT2D eigenvalue weighted by Crippen LogP contribution is -2.41. The van der Waals surface area contributed by atoms with E-state index < -0.39 is 0 Å². The molecule has 0 heterocycles. The zero-order valence-electron chi connectivity index (χ0n) is 12.7. The van der Waals surface area contributed by atoms with Crippen molar-refractivity contribution in [3.63, 3.8) is 0 Å². The Balaban J connectivity index is 1.82. The van der Waals surface area contributed by atoms with Crippen LogP contribution in [0.15, 0.2) is 12.1 Å². The SMILES string of the molecule is COc1cc(C)c(Cl)cc1CCNC(=O)NC1CCCC1. The van der Waals surface area contributed by atoms with Gasteiger partial charge in [0.25, 0.3) is 0 Å². The molecule has 2 amide bonds. The highest BCUT2D eigenvalue weighted by atomic mass is 35.5. The summed E-state index contributed by atoms with van der Waals surface area (Å²) in [5, 5.41) is 6.62. The summed E-state index contributed by atoms with van der Waals surface area (Å²) in [5.74, 6) is 0.815. The molecule has 0 bridgehead atoms. The lowest BCUT2D eigenvalue weighted by atomic mass is 10.1. The van der Waals surface area contributed by atoms with Crippen LogP contribution in [-0.4, -0.2) is 25.7 Å². The summed E-state index contributed by atoms with van der Waals surface area (Å²) >= 11 is 6.14. The summed E-state index contributed by atoms with van der Waals surface area (Å²) in [5.41, 5.74) is 2.00. The molecule has 21 heavy (non-hydrogen) atoms. The van der Waals surface area contributed by atoms with E-state index >= 15 is 0 Å². The average molecular weight is 311 g/mol. The number of urea groups is 1. The maximum Gasteiger partial charge on any atom is 0.315 e. The first-order valence-electron chi connectivity index (χ1n) is 7.47. The van der Waals surface area contributed by atoms with Crippen molar-refractivity contribution in [2.45, 2.75) is 45.1 Å². The molecule has 5 heteroatoms. The Morgan fingerprint density at radius 2 is 2.10 bits per heavy atom. The van der Waals surface area contributed by atoms with Crippen LogP contribution >= 0.6 is 11.6 Å². The smallest absolute Gasteiger partial charge is 0.315 e. The van der Waals surface area contributed by atoms with Gasteiger partial charge in [-0.3, -0.25) is 0 Å². The van der Waals surface area contributed by atoms with Crippen LogP contribution in [0.5, 0.6) is 5.75 Å². The Kier molecular flexibility index (Phi) is 5.74. The minimum atomic E-state index is -0.0842. The van der Waals surface area contributed by atoms with Crippen molar-refractivity contribution in [2.24, 2.45) is 0 Å². The Morgan fingerprint density at radius 3 is 2.76 bits per heavy atom. The molecule has 0 spiro atoms. The van der Waals surface area contributed by atoms with Gasteiger partial charge in [0.05, 0.1) is 7.11 Å². The second kappa shape index (κ2) is 7.55. The summed E-state index contributed by atoms with van der Waals surface area (Å²) < 4.78 is 5.36. The number of nitrogens with one attached hydrogen (secondary N) is 2. The predicted molar refractivity (Wildman–Crippen MR) is 85.2 cm³/mol. The van der Waals surface area contributed by atoms with E-state index in [1.165, 1.54) is 12.8 Å². The first-order valence-corrected chi connectivity index (χ1v) is 7.85. The van der Waals surface area contributed by atoms with Crippen LogP contribution in [0.2, 0.25) is 5.02 Å². The zero-order chi connectivity index (χ0) is 15.2. The van der Waals surface area contributed by atoms with Gasteiger partial charge in [-0.05, 0) is 49.4 Å². The largest absolute Gasteiger partial charge is 0.496 e. The van der Waals surface area contributed by atoms with Gasteiger partial charge >= 0.3 is 6.03 Å². The minimum Gasteiger partial charge on any atom is -0.496 e. The van der Waals surface area contributed by atoms with E-state index in [0.29, 0.717) is 19.0 Å². The van der Waals surface area contributed by atoms with Crippen molar-refractivity contribution in [2.75, 3.05) is 13.7 Å². The quantitative estimate of drug-likeness (QED) is 0.875. The van der Waals surface area contributed by atoms with E-state index in [-0.39, 0.29) is 6.03 Å². The molecule has 2 rings (SSSR count). The van der Waals surface area contributed by atoms with E-state index in [1.54, 1.807) is 7.11 Å². The summed E-state index contributed by atoms with van der Waals surface area (Å²) in [7, 11) is 1.65. The number of hydrogen-bond acceptors (Lipinski definition) is 2. The second-order valence-corrected chi connectivity index (χ2v) is 5.95. The predicted octanol–water partition coefficient (Wildman–Crippen LogP) is 3.44. The van der Waals surface area contributed by atoms with Gasteiger partial charge < -0.3 is 15.4 Å². The van der Waals surface area contributed by atoms with Gasteiger partial charge in [-0.2, -0.15) is 0 Å². The first kappa shape index (κ1) is 16.0. The van der Waals surface area contributed by atoms with Crippen LogP contribution in [0.4, 0.5) is 4.79 Å². The molecule has 0 unspecified atom stereocenters. The lowest BCUT2D eigenvalue weighted by molar-refractivity contribution is 0.237. The average Bonchev–Trinajstić information content (AvgIpc) is 2.95. The molecule has 0 aliphatic heterocycles. The van der Waals surface area contributed by atoms with E-state index in [1.807, 2.05) is 19.1 Å². The fraction of sp³-hybridized carbons (Fsp3) is 0.562. The Labute approximate surface area is 131 Å². The number of benzene rings is 1. The molecule has 0 atom stereocenters. The van der Waals surface area contributed by atoms with Crippen molar-refractivity contribution in [1.29, 1.82) is 0 Å². The van der Waals surface area contributed by atoms with Crippen LogP contribution in [0.25, 0.3) is 0 Å². The maximum atomic E-state index is 11.8. The number of ether oxygens (including phenoxy) is 1. The molecule has 116 valence electrons. The molecule has 1 aromatic rings. The lowest BCUT2D eigenvalue weighted by Gasteiger charge is -2.14. The van der Waals surface area contributed by atoms with E-state index in [9.17, 15) is 4.79 Å². The van der Waals surface area contributed by atoms with Crippen LogP contribution in [0.3, 0.4) is 0 Å². The number of aryl methyl sites for hydroxylation is 1. The summed E-state index contributed by atoms with van der Waals surface area (Å²) in [6.45, 7) is 2.51. The van der Waals surface area contributed by atoms with Gasteiger partial charge in [-0.25, -0.2) is 4.79 Å². The molecule has 1 aromatic carbocycles. The molecule has 4 nitrogen and oxygen atoms in total. The monoisotopic (exact) mass is 310 g/mol. The molecule has 0 aromatic heterocycles. The van der Waals surface area contributed by atoms with Crippen molar-refractivity contribution >= 4 is 17.6 Å². The number of halogens is 1. The highest BCUT2D eigenvalue weighted by Crippen LogP contribution is 2.26. The van der Waals surface area contributed by atoms with Crippen molar-refractivity contribution in [1.82, 2.24) is 10.6 Å². The van der Waals surface area contributed by atoms with Gasteiger partial charge in [-0.15, -0.1) is 0 Å². The molecule has 0 saturated heterocycles. The number of rotatable bonds is 5. The fourth-order valence-electron chi connectivity index (χ4n) is 2.70. The van der Waals surface area contributed by atoms with Crippen LogP contribution < -0.4 is 15.4 Å². The summed E-state index contributed by atoms with van der Waals surface area (Å²) in [6, 6.07) is 4.09. The van der Waals surface area contributed by atoms with Gasteiger partial charge in [0, 0.05) is 17.6 Å². The van der Waals surface area contributed by atoms with Crippen molar-refractivity contribution < 1.29 is 9.53 Å². The minimum absolute atomic E-state index is 0.0842. The molecular formula is C16H23ClN2O2. The molecule has 0 radical (unpaired) electrons. The zero-order valence-corrected chi connectivity index (χ0v) is 13.4. The number of carbonyl (C=O) groups excluding carboxylic acids is 1. The van der Waals surface area contributed by atoms with E-state index in [2.05, 4.69) is 10.6 Å². The van der Waals surface area contributed by atoms with Crippen molar-refractivity contribution in [3.05, 3.63) is 28.3 Å². The van der Waals surface area contributed by atoms with Crippen molar-refractivity contribution in [3.8, 4) is 5.75 Å². The third-order valence-electron chi connectivity index (χ3n) is 3.93. The molecule has 2 N–H and O–H groups in total. The number of carbonyl (C=O) groups is 1. The third kappa shape index (κ3) is 4.53. The third-order valence-corrected chi connectivity index (χ3v) is 4.34. The van der Waals surface area contributed by atoms with Gasteiger partial charge in [0.1, 0.15) is 5.75 Å². The van der Waals surface area contributed by atoms with E-state index in [0.717, 1.165) is 34.7 Å². The topological polar surface area (TPSA) is 50.4 Å². The number of amides is 2. The molecule has 1 fully saturated rings. The number of methoxy groups -OCH3 is 1. The highest BCUT2D eigenvalue weighted by molar-refractivity contribution is 6.31. The van der Waals surface area contributed by atoms with E-state index in [4.69, 9.17) is 16.3 Å². The Morgan fingerprint density at radius 1 is 1.38 bits per heavy atom. The van der Waals surface area contributed by atoms with Gasteiger partial charge in [-0.1, -0.05) is 24.4 Å². The van der Waals surface area contributed by atoms with Crippen LogP contribution in [-0.2, 0) is 6.42 Å². The standard InChI is InChI=1S/C16H23ClN2O2/c1-11-9-15(21-2)12(10-14(11)17)7-8-18-16(20)19-13-5-3-4-6-13/h9-10,13H,3-8H2,1-2H3,(H2,18,19,20). The normalized spacial score (nSPS) is 15.0.